The number of benzene rings is 1. The summed E-state index contributed by atoms with van der Waals surface area (Å²) in [6, 6.07) is 4.55. The van der Waals surface area contributed by atoms with Gasteiger partial charge in [-0.05, 0) is 0 Å². The summed E-state index contributed by atoms with van der Waals surface area (Å²) in [5.41, 5.74) is 0.581. The molecule has 1 aromatic rings. The third-order valence-electron chi connectivity index (χ3n) is 1.76. The van der Waals surface area contributed by atoms with Crippen molar-refractivity contribution in [2.24, 2.45) is 0 Å². The van der Waals surface area contributed by atoms with Gasteiger partial charge in [0.1, 0.15) is 5.75 Å². The largest absolute Gasteiger partial charge is 0.507 e. The van der Waals surface area contributed by atoms with Crippen LogP contribution < -0.4 is 0 Å². The van der Waals surface area contributed by atoms with Gasteiger partial charge in [-0.1, -0.05) is 18.2 Å². The topological polar surface area (TPSA) is 94.8 Å². The molecule has 0 heterocycles. The van der Waals surface area contributed by atoms with Crippen LogP contribution in [0.2, 0.25) is 0 Å². The molecule has 0 aliphatic heterocycles. The van der Waals surface area contributed by atoms with Crippen molar-refractivity contribution in [3.8, 4) is 5.75 Å². The lowest BCUT2D eigenvalue weighted by Gasteiger charge is -2.06. The average molecular weight is 250 g/mol. The van der Waals surface area contributed by atoms with Gasteiger partial charge in [0, 0.05) is 11.1 Å². The predicted octanol–water partition coefficient (Wildman–Crippen LogP) is 0.836. The smallest absolute Gasteiger partial charge is 0.157 e. The van der Waals surface area contributed by atoms with E-state index in [1.807, 2.05) is 0 Å². The number of phenolic OH excluding ortho intramolecular Hbond substituents is 1. The van der Waals surface area contributed by atoms with Crippen LogP contribution in [-0.2, 0) is 33.7 Å². The maximum atomic E-state index is 10.5. The Morgan fingerprint density at radius 2 is 1.40 bits per heavy atom. The van der Waals surface area contributed by atoms with Crippen molar-refractivity contribution in [2.75, 3.05) is 0 Å². The van der Waals surface area contributed by atoms with Gasteiger partial charge in [-0.2, -0.15) is 0 Å². The number of hydrogen-bond acceptors (Lipinski definition) is 3. The second kappa shape index (κ2) is 5.36. The zero-order chi connectivity index (χ0) is 11.4. The molecule has 15 heavy (non-hydrogen) atoms. The van der Waals surface area contributed by atoms with E-state index < -0.39 is 22.2 Å². The molecule has 0 saturated heterocycles. The molecule has 0 radical (unpaired) electrons. The lowest BCUT2D eigenvalue weighted by molar-refractivity contribution is 0.463. The van der Waals surface area contributed by atoms with E-state index in [4.69, 9.17) is 9.11 Å². The van der Waals surface area contributed by atoms with Gasteiger partial charge in [0.05, 0.1) is 11.5 Å². The third-order valence-corrected chi connectivity index (χ3v) is 2.88. The highest BCUT2D eigenvalue weighted by Gasteiger charge is 2.10. The molecule has 3 N–H and O–H groups in total. The molecule has 0 aromatic heterocycles. The molecule has 0 spiro atoms. The summed E-state index contributed by atoms with van der Waals surface area (Å²) in [6.45, 7) is 0. The monoisotopic (exact) mass is 250 g/mol. The molecular weight excluding hydrogens is 240 g/mol. The van der Waals surface area contributed by atoms with E-state index >= 15 is 0 Å². The van der Waals surface area contributed by atoms with E-state index in [-0.39, 0.29) is 17.3 Å². The van der Waals surface area contributed by atoms with Gasteiger partial charge in [-0.15, -0.1) is 0 Å². The number of para-hydroxylation sites is 1. The maximum Gasteiger partial charge on any atom is 0.157 e. The highest BCUT2D eigenvalue weighted by atomic mass is 32.2. The van der Waals surface area contributed by atoms with Crippen molar-refractivity contribution in [1.29, 1.82) is 0 Å². The Hall–Kier alpha value is -0.760. The highest BCUT2D eigenvalue weighted by molar-refractivity contribution is 7.78. The summed E-state index contributed by atoms with van der Waals surface area (Å²) in [4.78, 5) is 0. The fourth-order valence-electron chi connectivity index (χ4n) is 1.14. The van der Waals surface area contributed by atoms with Gasteiger partial charge in [0.25, 0.3) is 0 Å². The molecule has 0 fully saturated rings. The van der Waals surface area contributed by atoms with E-state index in [2.05, 4.69) is 0 Å². The van der Waals surface area contributed by atoms with Crippen molar-refractivity contribution < 1.29 is 22.6 Å². The van der Waals surface area contributed by atoms with E-state index in [1.54, 1.807) is 6.07 Å². The molecule has 0 aliphatic rings. The van der Waals surface area contributed by atoms with Crippen LogP contribution in [0.4, 0.5) is 0 Å². The summed E-state index contributed by atoms with van der Waals surface area (Å²) < 4.78 is 38.4. The molecule has 84 valence electrons. The predicted molar refractivity (Wildman–Crippen MR) is 57.1 cm³/mol. The van der Waals surface area contributed by atoms with Crippen LogP contribution in [0, 0.1) is 0 Å². The molecule has 5 nitrogen and oxygen atoms in total. The van der Waals surface area contributed by atoms with Crippen LogP contribution in [0.25, 0.3) is 0 Å². The van der Waals surface area contributed by atoms with Gasteiger partial charge in [-0.25, -0.2) is 8.42 Å². The van der Waals surface area contributed by atoms with Gasteiger partial charge in [-0.3, -0.25) is 0 Å². The molecular formula is C8H10O5S2. The van der Waals surface area contributed by atoms with E-state index in [9.17, 15) is 13.5 Å². The van der Waals surface area contributed by atoms with Gasteiger partial charge < -0.3 is 14.2 Å². The van der Waals surface area contributed by atoms with Crippen LogP contribution in [0.1, 0.15) is 11.1 Å². The summed E-state index contributed by atoms with van der Waals surface area (Å²) in [5, 5.41) is 9.60. The Morgan fingerprint density at radius 1 is 1.00 bits per heavy atom. The fourth-order valence-corrected chi connectivity index (χ4v) is 2.14. The van der Waals surface area contributed by atoms with Crippen molar-refractivity contribution >= 4 is 22.2 Å². The Labute approximate surface area is 91.7 Å². The highest BCUT2D eigenvalue weighted by Crippen LogP contribution is 2.24. The SMILES string of the molecule is O=S(O)Cc1cccc(CS(=O)O)c1O. The summed E-state index contributed by atoms with van der Waals surface area (Å²) in [6.07, 6.45) is 0. The summed E-state index contributed by atoms with van der Waals surface area (Å²) >= 11 is -4.09. The van der Waals surface area contributed by atoms with Crippen molar-refractivity contribution in [3.05, 3.63) is 29.3 Å². The van der Waals surface area contributed by atoms with Gasteiger partial charge in [0.15, 0.2) is 22.2 Å². The van der Waals surface area contributed by atoms with Crippen LogP contribution in [-0.4, -0.2) is 22.6 Å². The third kappa shape index (κ3) is 3.71. The molecule has 2 unspecified atom stereocenters. The van der Waals surface area contributed by atoms with Crippen LogP contribution in [0.3, 0.4) is 0 Å². The van der Waals surface area contributed by atoms with Crippen LogP contribution >= 0.6 is 0 Å². The number of phenols is 1. The Bertz CT molecular complexity index is 370. The first-order valence-corrected chi connectivity index (χ1v) is 6.50. The Morgan fingerprint density at radius 3 is 1.73 bits per heavy atom. The lowest BCUT2D eigenvalue weighted by Crippen LogP contribution is -1.98. The van der Waals surface area contributed by atoms with E-state index in [0.29, 0.717) is 11.1 Å². The minimum Gasteiger partial charge on any atom is -0.507 e. The normalized spacial score (nSPS) is 14.8. The van der Waals surface area contributed by atoms with Crippen LogP contribution in [0.15, 0.2) is 18.2 Å². The minimum atomic E-state index is -2.05. The zero-order valence-electron chi connectivity index (χ0n) is 7.62. The summed E-state index contributed by atoms with van der Waals surface area (Å²) in [5.74, 6) is -0.586. The fraction of sp³-hybridized carbons (Fsp3) is 0.250. The molecule has 2 atom stereocenters. The van der Waals surface area contributed by atoms with E-state index in [0.717, 1.165) is 0 Å². The number of aromatic hydroxyl groups is 1. The number of hydrogen-bond donors (Lipinski definition) is 3. The first kappa shape index (κ1) is 12.3. The average Bonchev–Trinajstić information content (AvgIpc) is 2.10. The Balaban J connectivity index is 2.99. The van der Waals surface area contributed by atoms with Gasteiger partial charge in [0.2, 0.25) is 0 Å². The molecule has 0 amide bonds. The molecule has 1 aromatic carbocycles. The molecule has 0 aliphatic carbocycles. The first-order valence-electron chi connectivity index (χ1n) is 3.95. The number of rotatable bonds is 4. The minimum absolute atomic E-state index is 0.192. The zero-order valence-corrected chi connectivity index (χ0v) is 9.25. The molecule has 7 heteroatoms. The lowest BCUT2D eigenvalue weighted by atomic mass is 10.1. The van der Waals surface area contributed by atoms with Crippen molar-refractivity contribution in [1.82, 2.24) is 0 Å². The van der Waals surface area contributed by atoms with Crippen LogP contribution in [0.5, 0.6) is 5.75 Å². The van der Waals surface area contributed by atoms with E-state index in [1.165, 1.54) is 12.1 Å². The quantitative estimate of drug-likeness (QED) is 0.688. The molecule has 1 rings (SSSR count). The van der Waals surface area contributed by atoms with Crippen molar-refractivity contribution in [3.63, 3.8) is 0 Å². The van der Waals surface area contributed by atoms with Gasteiger partial charge >= 0.3 is 0 Å². The van der Waals surface area contributed by atoms with Crippen molar-refractivity contribution in [2.45, 2.75) is 11.5 Å². The summed E-state index contributed by atoms with van der Waals surface area (Å²) in [7, 11) is 0. The molecule has 0 bridgehead atoms. The standard InChI is InChI=1S/C8H10O5S2/c9-8-6(4-14(10)11)2-1-3-7(8)5-15(12)13/h1-3,9H,4-5H2,(H,10,11)(H,12,13). The first-order chi connectivity index (χ1) is 7.00. The molecule has 0 saturated carbocycles. The second-order valence-corrected chi connectivity index (χ2v) is 4.72. The Kier molecular flexibility index (Phi) is 4.40. The maximum absolute atomic E-state index is 10.5. The second-order valence-electron chi connectivity index (χ2n) is 2.86.